The summed E-state index contributed by atoms with van der Waals surface area (Å²) in [7, 11) is 0. The average Bonchev–Trinajstić information content (AvgIpc) is 2.93. The first-order valence-electron chi connectivity index (χ1n) is 9.65. The van der Waals surface area contributed by atoms with Crippen molar-refractivity contribution in [2.24, 2.45) is 0 Å². The number of carbonyl (C=O) groups is 3. The second kappa shape index (κ2) is 8.71. The topological polar surface area (TPSA) is 126 Å². The van der Waals surface area contributed by atoms with Crippen LogP contribution in [0, 0.1) is 0 Å². The third-order valence-electron chi connectivity index (χ3n) is 3.86. The summed E-state index contributed by atoms with van der Waals surface area (Å²) in [6.07, 6.45) is -0.312. The van der Waals surface area contributed by atoms with Crippen molar-refractivity contribution in [3.8, 4) is 0 Å². The van der Waals surface area contributed by atoms with Gasteiger partial charge in [-0.3, -0.25) is 9.89 Å². The maximum Gasteiger partial charge on any atom is 0.410 e. The summed E-state index contributed by atoms with van der Waals surface area (Å²) in [4.78, 5) is 37.7. The quantitative estimate of drug-likeness (QED) is 0.702. The Kier molecular flexibility index (Phi) is 6.76. The van der Waals surface area contributed by atoms with Gasteiger partial charge in [0.1, 0.15) is 11.2 Å². The van der Waals surface area contributed by atoms with Gasteiger partial charge in [-0.2, -0.15) is 5.10 Å². The van der Waals surface area contributed by atoms with Crippen LogP contribution in [-0.2, 0) is 27.2 Å². The Balaban J connectivity index is 1.87. The van der Waals surface area contributed by atoms with Crippen LogP contribution in [0.1, 0.15) is 59.2 Å². The fourth-order valence-corrected chi connectivity index (χ4v) is 2.67. The first-order chi connectivity index (χ1) is 13.3. The van der Waals surface area contributed by atoms with Gasteiger partial charge in [-0.1, -0.05) is 0 Å². The summed E-state index contributed by atoms with van der Waals surface area (Å²) in [5, 5.41) is 12.3. The van der Waals surface area contributed by atoms with Gasteiger partial charge < -0.3 is 25.0 Å². The van der Waals surface area contributed by atoms with Crippen molar-refractivity contribution in [2.75, 3.05) is 18.4 Å². The minimum atomic E-state index is -0.597. The number of nitrogens with zero attached hydrogens (tertiary/aromatic N) is 2. The van der Waals surface area contributed by atoms with E-state index in [1.165, 1.54) is 0 Å². The van der Waals surface area contributed by atoms with Crippen molar-refractivity contribution < 1.29 is 23.9 Å². The maximum absolute atomic E-state index is 12.3. The Hall–Kier alpha value is -2.78. The predicted octanol–water partition coefficient (Wildman–Crippen LogP) is 2.56. The minimum Gasteiger partial charge on any atom is -0.444 e. The molecule has 0 bridgehead atoms. The zero-order valence-corrected chi connectivity index (χ0v) is 18.0. The molecule has 0 saturated heterocycles. The number of aromatic amines is 1. The molecule has 0 fully saturated rings. The van der Waals surface area contributed by atoms with Crippen molar-refractivity contribution in [3.05, 3.63) is 11.3 Å². The number of ether oxygens (including phenoxy) is 2. The lowest BCUT2D eigenvalue weighted by molar-refractivity contribution is -0.116. The highest BCUT2D eigenvalue weighted by Gasteiger charge is 2.29. The SMILES string of the molecule is CC(C)(C)OC(=O)NCCC(=O)Nc1n[nH]c2c1CN(C(=O)OC(C)(C)C)CC2. The molecule has 1 aliphatic rings. The number of hydrogen-bond donors (Lipinski definition) is 3. The second-order valence-corrected chi connectivity index (χ2v) is 8.91. The molecule has 1 aliphatic heterocycles. The molecule has 0 radical (unpaired) electrons. The molecule has 1 aromatic heterocycles. The van der Waals surface area contributed by atoms with E-state index in [-0.39, 0.29) is 18.9 Å². The van der Waals surface area contributed by atoms with E-state index in [2.05, 4.69) is 20.8 Å². The van der Waals surface area contributed by atoms with E-state index in [9.17, 15) is 14.4 Å². The van der Waals surface area contributed by atoms with E-state index >= 15 is 0 Å². The fraction of sp³-hybridized carbons (Fsp3) is 0.684. The van der Waals surface area contributed by atoms with Crippen LogP contribution in [0.3, 0.4) is 0 Å². The molecular formula is C19H31N5O5. The number of alkyl carbamates (subject to hydrolysis) is 1. The maximum atomic E-state index is 12.3. The highest BCUT2D eigenvalue weighted by atomic mass is 16.6. The molecule has 10 nitrogen and oxygen atoms in total. The number of carbonyl (C=O) groups excluding carboxylic acids is 3. The largest absolute Gasteiger partial charge is 0.444 e. The monoisotopic (exact) mass is 409 g/mol. The molecule has 0 aromatic carbocycles. The van der Waals surface area contributed by atoms with Crippen molar-refractivity contribution in [2.45, 2.75) is 72.1 Å². The Morgan fingerprint density at radius 2 is 1.76 bits per heavy atom. The highest BCUT2D eigenvalue weighted by molar-refractivity contribution is 5.91. The molecule has 10 heteroatoms. The summed E-state index contributed by atoms with van der Waals surface area (Å²) in [6, 6.07) is 0. The number of nitrogens with one attached hydrogen (secondary N) is 3. The van der Waals surface area contributed by atoms with Crippen LogP contribution in [0.4, 0.5) is 15.4 Å². The first kappa shape index (κ1) is 22.5. The molecular weight excluding hydrogens is 378 g/mol. The lowest BCUT2D eigenvalue weighted by Crippen LogP contribution is -2.40. The normalized spacial score (nSPS) is 14.1. The van der Waals surface area contributed by atoms with E-state index in [0.29, 0.717) is 25.3 Å². The van der Waals surface area contributed by atoms with Gasteiger partial charge in [-0.15, -0.1) is 0 Å². The molecule has 162 valence electrons. The molecule has 0 aliphatic carbocycles. The number of fused-ring (bicyclic) bond motifs is 1. The number of anilines is 1. The lowest BCUT2D eigenvalue weighted by Gasteiger charge is -2.30. The molecule has 29 heavy (non-hydrogen) atoms. The summed E-state index contributed by atoms with van der Waals surface area (Å²) in [6.45, 7) is 11.7. The molecule has 1 aromatic rings. The Bertz CT molecular complexity index is 760. The fourth-order valence-electron chi connectivity index (χ4n) is 2.67. The van der Waals surface area contributed by atoms with Crippen molar-refractivity contribution in [1.82, 2.24) is 20.4 Å². The number of hydrogen-bond acceptors (Lipinski definition) is 6. The van der Waals surface area contributed by atoms with Gasteiger partial charge in [0.15, 0.2) is 5.82 Å². The molecule has 3 N–H and O–H groups in total. The second-order valence-electron chi connectivity index (χ2n) is 8.91. The smallest absolute Gasteiger partial charge is 0.410 e. The first-order valence-corrected chi connectivity index (χ1v) is 9.65. The summed E-state index contributed by atoms with van der Waals surface area (Å²) in [5.74, 6) is 0.0836. The standard InChI is InChI=1S/C19H31N5O5/c1-18(2,3)28-16(26)20-9-7-14(25)21-15-12-11-24(10-8-13(12)22-23-15)17(27)29-19(4,5)6/h7-11H2,1-6H3,(H,20,26)(H2,21,22,23,25). The van der Waals surface area contributed by atoms with Crippen LogP contribution in [-0.4, -0.2) is 57.5 Å². The third-order valence-corrected chi connectivity index (χ3v) is 3.86. The summed E-state index contributed by atoms with van der Waals surface area (Å²) >= 11 is 0. The van der Waals surface area contributed by atoms with E-state index in [1.807, 2.05) is 20.8 Å². The lowest BCUT2D eigenvalue weighted by atomic mass is 10.1. The van der Waals surface area contributed by atoms with Crippen LogP contribution in [0.2, 0.25) is 0 Å². The van der Waals surface area contributed by atoms with Crippen LogP contribution in [0.5, 0.6) is 0 Å². The Morgan fingerprint density at radius 1 is 1.10 bits per heavy atom. The number of H-pyrrole nitrogens is 1. The average molecular weight is 409 g/mol. The third kappa shape index (κ3) is 7.28. The molecule has 0 saturated carbocycles. The Labute approximate surface area is 170 Å². The van der Waals surface area contributed by atoms with E-state index in [1.54, 1.807) is 25.7 Å². The van der Waals surface area contributed by atoms with Gasteiger partial charge in [0.25, 0.3) is 0 Å². The Morgan fingerprint density at radius 3 is 2.38 bits per heavy atom. The van der Waals surface area contributed by atoms with Gasteiger partial charge in [0.05, 0.1) is 6.54 Å². The van der Waals surface area contributed by atoms with Crippen LogP contribution < -0.4 is 10.6 Å². The van der Waals surface area contributed by atoms with Gasteiger partial charge >= 0.3 is 12.2 Å². The molecule has 0 spiro atoms. The van der Waals surface area contributed by atoms with Crippen molar-refractivity contribution in [1.29, 1.82) is 0 Å². The number of amides is 3. The van der Waals surface area contributed by atoms with Crippen LogP contribution in [0.15, 0.2) is 0 Å². The molecule has 2 rings (SSSR count). The highest BCUT2D eigenvalue weighted by Crippen LogP contribution is 2.25. The van der Waals surface area contributed by atoms with E-state index in [4.69, 9.17) is 9.47 Å². The molecule has 0 atom stereocenters. The predicted molar refractivity (Wildman–Crippen MR) is 106 cm³/mol. The van der Waals surface area contributed by atoms with E-state index < -0.39 is 23.4 Å². The van der Waals surface area contributed by atoms with Gasteiger partial charge in [0.2, 0.25) is 5.91 Å². The number of rotatable bonds is 4. The molecule has 3 amide bonds. The molecule has 0 unspecified atom stereocenters. The van der Waals surface area contributed by atoms with Crippen LogP contribution >= 0.6 is 0 Å². The zero-order chi connectivity index (χ0) is 21.8. The van der Waals surface area contributed by atoms with Gasteiger partial charge in [-0.05, 0) is 41.5 Å². The van der Waals surface area contributed by atoms with E-state index in [0.717, 1.165) is 11.3 Å². The number of aromatic nitrogens is 2. The van der Waals surface area contributed by atoms with Gasteiger partial charge in [0, 0.05) is 37.2 Å². The summed E-state index contributed by atoms with van der Waals surface area (Å²) in [5.41, 5.74) is 0.467. The van der Waals surface area contributed by atoms with Crippen molar-refractivity contribution >= 4 is 23.9 Å². The summed E-state index contributed by atoms with van der Waals surface area (Å²) < 4.78 is 10.5. The zero-order valence-electron chi connectivity index (χ0n) is 18.0. The minimum absolute atomic E-state index is 0.0661. The van der Waals surface area contributed by atoms with Gasteiger partial charge in [-0.25, -0.2) is 9.59 Å². The van der Waals surface area contributed by atoms with Crippen molar-refractivity contribution in [3.63, 3.8) is 0 Å². The van der Waals surface area contributed by atoms with Crippen LogP contribution in [0.25, 0.3) is 0 Å². The molecule has 2 heterocycles.